The van der Waals surface area contributed by atoms with E-state index in [1.807, 2.05) is 0 Å². The molecule has 3 N–H and O–H groups in total. The van der Waals surface area contributed by atoms with Gasteiger partial charge in [0, 0.05) is 6.54 Å². The first-order valence-electron chi connectivity index (χ1n) is 5.13. The van der Waals surface area contributed by atoms with Gasteiger partial charge in [-0.1, -0.05) is 13.3 Å². The Balaban J connectivity index is 2.28. The molecule has 0 radical (unpaired) electrons. The van der Waals surface area contributed by atoms with Crippen LogP contribution in [0.15, 0.2) is 0 Å². The quantitative estimate of drug-likeness (QED) is 0.685. The van der Waals surface area contributed by atoms with Crippen LogP contribution in [-0.4, -0.2) is 18.5 Å². The van der Waals surface area contributed by atoms with Crippen LogP contribution >= 0.6 is 0 Å². The summed E-state index contributed by atoms with van der Waals surface area (Å²) in [5.41, 5.74) is 5.85. The third-order valence-electron chi connectivity index (χ3n) is 3.22. The largest absolute Gasteiger partial charge is 0.354 e. The zero-order valence-electron chi connectivity index (χ0n) is 8.60. The topological polar surface area (TPSA) is 55.1 Å². The highest BCUT2D eigenvalue weighted by molar-refractivity contribution is 5.80. The number of hydrogen-bond donors (Lipinski definition) is 2. The highest BCUT2D eigenvalue weighted by Crippen LogP contribution is 2.42. The Morgan fingerprint density at radius 1 is 1.62 bits per heavy atom. The molecular weight excluding hydrogens is 164 g/mol. The van der Waals surface area contributed by atoms with Crippen molar-refractivity contribution in [2.24, 2.45) is 11.1 Å². The highest BCUT2D eigenvalue weighted by Gasteiger charge is 2.35. The molecule has 1 saturated carbocycles. The van der Waals surface area contributed by atoms with Gasteiger partial charge in [-0.2, -0.15) is 0 Å². The molecule has 0 aromatic rings. The SMILES string of the molecule is CCC1(CNC(=O)[C@@H](C)N)CCC1. The van der Waals surface area contributed by atoms with E-state index in [0.717, 1.165) is 13.0 Å². The minimum absolute atomic E-state index is 0.0280. The fourth-order valence-corrected chi connectivity index (χ4v) is 1.77. The van der Waals surface area contributed by atoms with Crippen LogP contribution in [0.25, 0.3) is 0 Å². The summed E-state index contributed by atoms with van der Waals surface area (Å²) in [7, 11) is 0. The predicted octanol–water partition coefficient (Wildman–Crippen LogP) is 1.03. The van der Waals surface area contributed by atoms with Gasteiger partial charge in [0.2, 0.25) is 5.91 Å². The average Bonchev–Trinajstić information content (AvgIpc) is 2.02. The van der Waals surface area contributed by atoms with Gasteiger partial charge in [0.05, 0.1) is 6.04 Å². The summed E-state index contributed by atoms with van der Waals surface area (Å²) in [6, 6.07) is -0.381. The van der Waals surface area contributed by atoms with Gasteiger partial charge in [-0.05, 0) is 31.6 Å². The Morgan fingerprint density at radius 2 is 2.23 bits per heavy atom. The smallest absolute Gasteiger partial charge is 0.236 e. The van der Waals surface area contributed by atoms with Crippen molar-refractivity contribution in [2.75, 3.05) is 6.54 Å². The van der Waals surface area contributed by atoms with E-state index in [0.29, 0.717) is 5.41 Å². The monoisotopic (exact) mass is 184 g/mol. The highest BCUT2D eigenvalue weighted by atomic mass is 16.2. The molecule has 0 spiro atoms. The molecule has 1 rings (SSSR count). The minimum Gasteiger partial charge on any atom is -0.354 e. The molecule has 0 heterocycles. The van der Waals surface area contributed by atoms with Crippen molar-refractivity contribution in [1.29, 1.82) is 0 Å². The van der Waals surface area contributed by atoms with Crippen molar-refractivity contribution in [1.82, 2.24) is 5.32 Å². The number of carbonyl (C=O) groups is 1. The van der Waals surface area contributed by atoms with Gasteiger partial charge in [-0.25, -0.2) is 0 Å². The van der Waals surface area contributed by atoms with Crippen molar-refractivity contribution in [3.05, 3.63) is 0 Å². The summed E-state index contributed by atoms with van der Waals surface area (Å²) >= 11 is 0. The van der Waals surface area contributed by atoms with Gasteiger partial charge in [0.1, 0.15) is 0 Å². The summed E-state index contributed by atoms with van der Waals surface area (Å²) in [6.07, 6.45) is 4.97. The van der Waals surface area contributed by atoms with E-state index in [1.165, 1.54) is 19.3 Å². The maximum absolute atomic E-state index is 11.2. The molecule has 0 aromatic heterocycles. The molecule has 0 aliphatic heterocycles. The Hall–Kier alpha value is -0.570. The molecule has 0 aromatic carbocycles. The van der Waals surface area contributed by atoms with E-state index < -0.39 is 0 Å². The van der Waals surface area contributed by atoms with Crippen LogP contribution in [0, 0.1) is 5.41 Å². The molecule has 1 aliphatic rings. The summed E-state index contributed by atoms with van der Waals surface area (Å²) < 4.78 is 0. The lowest BCUT2D eigenvalue weighted by Crippen LogP contribution is -2.46. The van der Waals surface area contributed by atoms with E-state index in [2.05, 4.69) is 12.2 Å². The minimum atomic E-state index is -0.381. The van der Waals surface area contributed by atoms with Gasteiger partial charge in [-0.15, -0.1) is 0 Å². The molecule has 76 valence electrons. The van der Waals surface area contributed by atoms with Gasteiger partial charge in [-0.3, -0.25) is 4.79 Å². The van der Waals surface area contributed by atoms with Crippen molar-refractivity contribution in [2.45, 2.75) is 45.6 Å². The Labute approximate surface area is 80.1 Å². The standard InChI is InChI=1S/C10H20N2O/c1-3-10(5-4-6-10)7-12-9(13)8(2)11/h8H,3-7,11H2,1-2H3,(H,12,13)/t8-/m1/s1. The number of hydrogen-bond acceptors (Lipinski definition) is 2. The fourth-order valence-electron chi connectivity index (χ4n) is 1.77. The molecule has 3 heteroatoms. The number of amides is 1. The first-order chi connectivity index (χ1) is 6.09. The molecule has 0 bridgehead atoms. The molecule has 0 unspecified atom stereocenters. The maximum atomic E-state index is 11.2. The first-order valence-corrected chi connectivity index (χ1v) is 5.13. The molecule has 0 saturated heterocycles. The van der Waals surface area contributed by atoms with Crippen molar-refractivity contribution < 1.29 is 4.79 Å². The summed E-state index contributed by atoms with van der Waals surface area (Å²) in [5.74, 6) is -0.0280. The molecule has 1 fully saturated rings. The second-order valence-electron chi connectivity index (χ2n) is 4.21. The van der Waals surface area contributed by atoms with E-state index in [4.69, 9.17) is 5.73 Å². The Kier molecular flexibility index (Phi) is 3.31. The van der Waals surface area contributed by atoms with Crippen LogP contribution in [0.4, 0.5) is 0 Å². The zero-order chi connectivity index (χ0) is 9.90. The van der Waals surface area contributed by atoms with E-state index >= 15 is 0 Å². The lowest BCUT2D eigenvalue weighted by atomic mass is 9.67. The van der Waals surface area contributed by atoms with Gasteiger partial charge in [0.15, 0.2) is 0 Å². The van der Waals surface area contributed by atoms with Crippen molar-refractivity contribution in [3.63, 3.8) is 0 Å². The fraction of sp³-hybridized carbons (Fsp3) is 0.900. The van der Waals surface area contributed by atoms with Crippen molar-refractivity contribution in [3.8, 4) is 0 Å². The molecule has 1 atom stereocenters. The Morgan fingerprint density at radius 3 is 2.54 bits per heavy atom. The number of nitrogens with one attached hydrogen (secondary N) is 1. The van der Waals surface area contributed by atoms with Crippen LogP contribution in [0.5, 0.6) is 0 Å². The number of rotatable bonds is 4. The third-order valence-corrected chi connectivity index (χ3v) is 3.22. The van der Waals surface area contributed by atoms with Crippen molar-refractivity contribution >= 4 is 5.91 Å². The second-order valence-corrected chi connectivity index (χ2v) is 4.21. The van der Waals surface area contributed by atoms with E-state index in [9.17, 15) is 4.79 Å². The van der Waals surface area contributed by atoms with Crippen LogP contribution < -0.4 is 11.1 Å². The average molecular weight is 184 g/mol. The van der Waals surface area contributed by atoms with Crippen LogP contribution in [0.1, 0.15) is 39.5 Å². The number of nitrogens with two attached hydrogens (primary N) is 1. The normalized spacial score (nSPS) is 21.8. The third kappa shape index (κ3) is 2.44. The lowest BCUT2D eigenvalue weighted by Gasteiger charge is -2.41. The van der Waals surface area contributed by atoms with Crippen LogP contribution in [0.2, 0.25) is 0 Å². The summed E-state index contributed by atoms with van der Waals surface area (Å²) in [4.78, 5) is 11.2. The van der Waals surface area contributed by atoms with Gasteiger partial charge >= 0.3 is 0 Å². The lowest BCUT2D eigenvalue weighted by molar-refractivity contribution is -0.122. The molecular formula is C10H20N2O. The maximum Gasteiger partial charge on any atom is 0.236 e. The van der Waals surface area contributed by atoms with E-state index in [1.54, 1.807) is 6.92 Å². The zero-order valence-corrected chi connectivity index (χ0v) is 8.60. The molecule has 1 amide bonds. The molecule has 3 nitrogen and oxygen atoms in total. The van der Waals surface area contributed by atoms with Crippen LogP contribution in [-0.2, 0) is 4.79 Å². The van der Waals surface area contributed by atoms with Crippen LogP contribution in [0.3, 0.4) is 0 Å². The van der Waals surface area contributed by atoms with Gasteiger partial charge in [0.25, 0.3) is 0 Å². The van der Waals surface area contributed by atoms with E-state index in [-0.39, 0.29) is 11.9 Å². The number of carbonyl (C=O) groups excluding carboxylic acids is 1. The molecule has 1 aliphatic carbocycles. The summed E-state index contributed by atoms with van der Waals surface area (Å²) in [5, 5.41) is 2.91. The Bertz CT molecular complexity index is 180. The summed E-state index contributed by atoms with van der Waals surface area (Å²) in [6.45, 7) is 4.72. The first kappa shape index (κ1) is 10.5. The van der Waals surface area contributed by atoms with Gasteiger partial charge < -0.3 is 11.1 Å². The predicted molar refractivity (Wildman–Crippen MR) is 53.2 cm³/mol. The second kappa shape index (κ2) is 4.09. The molecule has 13 heavy (non-hydrogen) atoms.